The highest BCUT2D eigenvalue weighted by Gasteiger charge is 2.31. The number of carbonyl (C=O) groups excluding carboxylic acids is 1. The monoisotopic (exact) mass is 316 g/mol. The highest BCUT2D eigenvalue weighted by molar-refractivity contribution is 7.99. The predicted molar refractivity (Wildman–Crippen MR) is 89.8 cm³/mol. The zero-order valence-corrected chi connectivity index (χ0v) is 13.6. The van der Waals surface area contributed by atoms with Gasteiger partial charge in [0.1, 0.15) is 16.6 Å². The van der Waals surface area contributed by atoms with E-state index >= 15 is 0 Å². The Morgan fingerprint density at radius 1 is 1.36 bits per heavy atom. The second-order valence-corrected chi connectivity index (χ2v) is 7.19. The molecule has 1 atom stereocenters. The van der Waals surface area contributed by atoms with Crippen LogP contribution in [-0.2, 0) is 4.79 Å². The first-order valence-electron chi connectivity index (χ1n) is 7.56. The van der Waals surface area contributed by atoms with Crippen LogP contribution >= 0.6 is 11.8 Å². The number of aromatic nitrogens is 1. The van der Waals surface area contributed by atoms with E-state index in [2.05, 4.69) is 18.8 Å². The largest absolute Gasteiger partial charge is 0.506 e. The van der Waals surface area contributed by atoms with Crippen LogP contribution in [0.25, 0.3) is 10.9 Å². The lowest BCUT2D eigenvalue weighted by Gasteiger charge is -2.36. The van der Waals surface area contributed by atoms with Gasteiger partial charge in [0, 0.05) is 24.1 Å². The maximum atomic E-state index is 12.3. The molecule has 2 heterocycles. The number of amides is 1. The molecule has 1 fully saturated rings. The van der Waals surface area contributed by atoms with E-state index < -0.39 is 0 Å². The van der Waals surface area contributed by atoms with E-state index in [4.69, 9.17) is 0 Å². The average molecular weight is 316 g/mol. The van der Waals surface area contributed by atoms with Crippen LogP contribution in [0.2, 0.25) is 0 Å². The van der Waals surface area contributed by atoms with Crippen molar-refractivity contribution < 1.29 is 9.90 Å². The predicted octanol–water partition coefficient (Wildman–Crippen LogP) is 3.56. The summed E-state index contributed by atoms with van der Waals surface area (Å²) in [6.45, 7) is 4.96. The lowest BCUT2D eigenvalue weighted by molar-refractivity contribution is -0.132. The Hall–Kier alpha value is -1.75. The van der Waals surface area contributed by atoms with Gasteiger partial charge in [-0.2, -0.15) is 0 Å². The van der Waals surface area contributed by atoms with Crippen LogP contribution in [0, 0.1) is 5.92 Å². The van der Waals surface area contributed by atoms with Crippen molar-refractivity contribution in [3.63, 3.8) is 0 Å². The van der Waals surface area contributed by atoms with Gasteiger partial charge >= 0.3 is 0 Å². The van der Waals surface area contributed by atoms with Gasteiger partial charge in [0.05, 0.1) is 5.69 Å². The van der Waals surface area contributed by atoms with E-state index in [1.165, 1.54) is 0 Å². The van der Waals surface area contributed by atoms with Crippen molar-refractivity contribution in [3.8, 4) is 5.75 Å². The summed E-state index contributed by atoms with van der Waals surface area (Å²) < 4.78 is 0. The lowest BCUT2D eigenvalue weighted by atomic mass is 10.1. The highest BCUT2D eigenvalue weighted by atomic mass is 32.2. The minimum atomic E-state index is -0.0624. The minimum absolute atomic E-state index is 0.0624. The second-order valence-electron chi connectivity index (χ2n) is 6.00. The first-order chi connectivity index (χ1) is 10.6. The van der Waals surface area contributed by atoms with Crippen molar-refractivity contribution in [1.29, 1.82) is 0 Å². The fourth-order valence-electron chi connectivity index (χ4n) is 2.74. The quantitative estimate of drug-likeness (QED) is 0.940. The summed E-state index contributed by atoms with van der Waals surface area (Å²) in [4.78, 5) is 18.8. The van der Waals surface area contributed by atoms with Crippen LogP contribution in [0.1, 0.15) is 31.3 Å². The molecule has 1 aliphatic rings. The van der Waals surface area contributed by atoms with Crippen LogP contribution in [0.5, 0.6) is 5.75 Å². The van der Waals surface area contributed by atoms with Crippen LogP contribution in [0.4, 0.5) is 0 Å². The molecule has 4 nitrogen and oxygen atoms in total. The third-order valence-electron chi connectivity index (χ3n) is 3.73. The lowest BCUT2D eigenvalue weighted by Crippen LogP contribution is -2.39. The molecule has 1 saturated heterocycles. The van der Waals surface area contributed by atoms with Crippen molar-refractivity contribution in [2.24, 2.45) is 5.92 Å². The Morgan fingerprint density at radius 3 is 2.95 bits per heavy atom. The molecule has 3 rings (SSSR count). The maximum Gasteiger partial charge on any atom is 0.224 e. The van der Waals surface area contributed by atoms with Crippen molar-refractivity contribution in [3.05, 3.63) is 36.0 Å². The van der Waals surface area contributed by atoms with Crippen LogP contribution in [0.15, 0.2) is 30.3 Å². The molecule has 1 aromatic heterocycles. The van der Waals surface area contributed by atoms with Gasteiger partial charge in [0.25, 0.3) is 0 Å². The van der Waals surface area contributed by atoms with Gasteiger partial charge in [-0.15, -0.1) is 11.8 Å². The van der Waals surface area contributed by atoms with Gasteiger partial charge in [-0.25, -0.2) is 4.98 Å². The molecule has 0 aliphatic carbocycles. The zero-order valence-electron chi connectivity index (χ0n) is 12.8. The number of thioether (sulfide) groups is 1. The van der Waals surface area contributed by atoms with Crippen molar-refractivity contribution in [2.75, 3.05) is 12.3 Å². The molecular weight excluding hydrogens is 296 g/mol. The molecule has 1 aliphatic heterocycles. The van der Waals surface area contributed by atoms with Crippen molar-refractivity contribution in [2.45, 2.75) is 25.6 Å². The summed E-state index contributed by atoms with van der Waals surface area (Å²) in [5.74, 6) is 1.61. The number of para-hydroxylation sites is 1. The Balaban J connectivity index is 2.00. The number of fused-ring (bicyclic) bond motifs is 1. The third-order valence-corrected chi connectivity index (χ3v) is 4.98. The number of aromatic hydroxyl groups is 1. The Kier molecular flexibility index (Phi) is 4.25. The van der Waals surface area contributed by atoms with E-state index in [1.807, 2.05) is 29.2 Å². The SMILES string of the molecule is CC(C)CN1C(=O)CCSC1c1ccc2cccc(O)c2n1. The Bertz CT molecular complexity index is 702. The zero-order chi connectivity index (χ0) is 15.7. The standard InChI is InChI=1S/C17H20N2O2S/c1-11(2)10-19-15(21)8-9-22-17(19)13-7-6-12-4-3-5-14(20)16(12)18-13/h3-7,11,17,20H,8-10H2,1-2H3. The van der Waals surface area contributed by atoms with Gasteiger partial charge in [0.15, 0.2) is 0 Å². The minimum Gasteiger partial charge on any atom is -0.506 e. The number of nitrogens with zero attached hydrogens (tertiary/aromatic N) is 2. The fraction of sp³-hybridized carbons (Fsp3) is 0.412. The molecule has 5 heteroatoms. The number of benzene rings is 1. The smallest absolute Gasteiger partial charge is 0.224 e. The molecule has 116 valence electrons. The van der Waals surface area contributed by atoms with E-state index in [9.17, 15) is 9.90 Å². The van der Waals surface area contributed by atoms with E-state index in [1.54, 1.807) is 17.8 Å². The number of phenolic OH excluding ortho intramolecular Hbond substituents is 1. The number of carbonyl (C=O) groups is 1. The van der Waals surface area contributed by atoms with Crippen LogP contribution in [-0.4, -0.2) is 33.2 Å². The Labute approximate surface area is 134 Å². The summed E-state index contributed by atoms with van der Waals surface area (Å²) in [6, 6.07) is 9.31. The molecule has 0 bridgehead atoms. The summed E-state index contributed by atoms with van der Waals surface area (Å²) in [6.07, 6.45) is 0.590. The van der Waals surface area contributed by atoms with Crippen LogP contribution < -0.4 is 0 Å². The van der Waals surface area contributed by atoms with Gasteiger partial charge in [-0.3, -0.25) is 4.79 Å². The number of rotatable bonds is 3. The Morgan fingerprint density at radius 2 is 2.18 bits per heavy atom. The second kappa shape index (κ2) is 6.16. The number of hydrogen-bond acceptors (Lipinski definition) is 4. The molecule has 1 unspecified atom stereocenters. The summed E-state index contributed by atoms with van der Waals surface area (Å²) in [5, 5.41) is 10.9. The number of phenols is 1. The normalized spacial score (nSPS) is 19.1. The molecule has 1 N–H and O–H groups in total. The van der Waals surface area contributed by atoms with Crippen molar-refractivity contribution >= 4 is 28.6 Å². The van der Waals surface area contributed by atoms with Gasteiger partial charge in [-0.1, -0.05) is 32.0 Å². The summed E-state index contributed by atoms with van der Waals surface area (Å²) in [7, 11) is 0. The molecule has 0 saturated carbocycles. The molecule has 0 spiro atoms. The molecule has 1 amide bonds. The first-order valence-corrected chi connectivity index (χ1v) is 8.61. The number of pyridine rings is 1. The van der Waals surface area contributed by atoms with E-state index in [0.29, 0.717) is 17.9 Å². The average Bonchev–Trinajstić information content (AvgIpc) is 2.49. The van der Waals surface area contributed by atoms with E-state index in [0.717, 1.165) is 23.4 Å². The topological polar surface area (TPSA) is 53.4 Å². The fourth-order valence-corrected chi connectivity index (χ4v) is 3.94. The molecule has 0 radical (unpaired) electrons. The molecule has 22 heavy (non-hydrogen) atoms. The van der Waals surface area contributed by atoms with Gasteiger partial charge in [-0.05, 0) is 18.1 Å². The molecule has 1 aromatic carbocycles. The molecular formula is C17H20N2O2S. The maximum absolute atomic E-state index is 12.3. The highest BCUT2D eigenvalue weighted by Crippen LogP contribution is 2.38. The third kappa shape index (κ3) is 2.90. The first kappa shape index (κ1) is 15.2. The number of hydrogen-bond donors (Lipinski definition) is 1. The van der Waals surface area contributed by atoms with Crippen molar-refractivity contribution in [1.82, 2.24) is 9.88 Å². The van der Waals surface area contributed by atoms with Gasteiger partial charge < -0.3 is 10.0 Å². The summed E-state index contributed by atoms with van der Waals surface area (Å²) in [5.41, 5.74) is 1.44. The van der Waals surface area contributed by atoms with Crippen LogP contribution in [0.3, 0.4) is 0 Å². The van der Waals surface area contributed by atoms with Gasteiger partial charge in [0.2, 0.25) is 5.91 Å². The van der Waals surface area contributed by atoms with E-state index in [-0.39, 0.29) is 17.0 Å². The molecule has 2 aromatic rings. The summed E-state index contributed by atoms with van der Waals surface area (Å²) >= 11 is 1.75.